The molecule has 1 saturated heterocycles. The van der Waals surface area contributed by atoms with Crippen LogP contribution in [-0.4, -0.2) is 75.4 Å². The Balaban J connectivity index is 1.50. The molecule has 1 atom stereocenters. The quantitative estimate of drug-likeness (QED) is 0.311. The van der Waals surface area contributed by atoms with E-state index in [1.54, 1.807) is 54.6 Å². The molecule has 40 heavy (non-hydrogen) atoms. The summed E-state index contributed by atoms with van der Waals surface area (Å²) in [5.41, 5.74) is 1.57. The Labute approximate surface area is 239 Å². The van der Waals surface area contributed by atoms with Gasteiger partial charge >= 0.3 is 6.03 Å². The third-order valence-electron chi connectivity index (χ3n) is 6.81. The highest BCUT2D eigenvalue weighted by atomic mass is 32.1. The second-order valence-corrected chi connectivity index (χ2v) is 10.5. The Bertz CT molecular complexity index is 1250. The van der Waals surface area contributed by atoms with Crippen LogP contribution in [0.2, 0.25) is 0 Å². The van der Waals surface area contributed by atoms with Crippen LogP contribution in [0.5, 0.6) is 17.2 Å². The summed E-state index contributed by atoms with van der Waals surface area (Å²) in [7, 11) is 4.76. The van der Waals surface area contributed by atoms with Gasteiger partial charge in [0.1, 0.15) is 12.3 Å². The zero-order valence-electron chi connectivity index (χ0n) is 23.3. The number of amides is 3. The number of carbonyl (C=O) groups excluding carboxylic acids is 2. The molecule has 1 aliphatic rings. The van der Waals surface area contributed by atoms with Crippen LogP contribution in [0.1, 0.15) is 23.3 Å². The molecule has 10 heteroatoms. The largest absolute Gasteiger partial charge is 0.495 e. The molecule has 3 aromatic rings. The van der Waals surface area contributed by atoms with Crippen LogP contribution in [0.15, 0.2) is 60.0 Å². The number of urea groups is 1. The van der Waals surface area contributed by atoms with Crippen molar-refractivity contribution in [2.75, 3.05) is 52.9 Å². The van der Waals surface area contributed by atoms with Crippen LogP contribution in [0, 0.1) is 0 Å². The Morgan fingerprint density at radius 2 is 1.77 bits per heavy atom. The normalized spacial score (nSPS) is 14.4. The van der Waals surface area contributed by atoms with Gasteiger partial charge in [0.2, 0.25) is 5.91 Å². The van der Waals surface area contributed by atoms with Crippen molar-refractivity contribution in [3.8, 4) is 17.2 Å². The third-order valence-corrected chi connectivity index (χ3v) is 7.67. The van der Waals surface area contributed by atoms with Crippen molar-refractivity contribution in [3.63, 3.8) is 0 Å². The number of methoxy groups -OCH3 is 3. The highest BCUT2D eigenvalue weighted by molar-refractivity contribution is 7.09. The first-order valence-electron chi connectivity index (χ1n) is 13.3. The van der Waals surface area contributed by atoms with Gasteiger partial charge < -0.3 is 34.1 Å². The van der Waals surface area contributed by atoms with E-state index in [1.165, 1.54) is 0 Å². The predicted molar refractivity (Wildman–Crippen MR) is 156 cm³/mol. The maximum Gasteiger partial charge on any atom is 0.322 e. The fourth-order valence-electron chi connectivity index (χ4n) is 4.64. The standard InChI is InChI=1S/C30H37N3O6S/c1-36-26-11-5-4-10-25(26)31-30(35)33(19-23-8-6-16-39-23)21-29(34)32(20-24-9-7-17-40-24)15-14-22-12-13-27(37-2)28(18-22)38-3/h4-5,7,9-13,17-18,23H,6,8,14-16,19-21H2,1-3H3,(H,31,35). The smallest absolute Gasteiger partial charge is 0.322 e. The second kappa shape index (κ2) is 14.6. The molecule has 4 rings (SSSR count). The maximum absolute atomic E-state index is 13.8. The SMILES string of the molecule is COc1ccccc1NC(=O)N(CC(=O)N(CCc1ccc(OC)c(OC)c1)Cc1cccs1)CC1CCCO1. The topological polar surface area (TPSA) is 89.6 Å². The average molecular weight is 568 g/mol. The fraction of sp³-hybridized carbons (Fsp3) is 0.400. The summed E-state index contributed by atoms with van der Waals surface area (Å²) in [5.74, 6) is 1.71. The van der Waals surface area contributed by atoms with Crippen molar-refractivity contribution in [1.29, 1.82) is 0 Å². The summed E-state index contributed by atoms with van der Waals surface area (Å²) in [6.45, 7) is 1.86. The summed E-state index contributed by atoms with van der Waals surface area (Å²) in [6.07, 6.45) is 2.31. The number of carbonyl (C=O) groups is 2. The molecular weight excluding hydrogens is 530 g/mol. The van der Waals surface area contributed by atoms with E-state index >= 15 is 0 Å². The van der Waals surface area contributed by atoms with Crippen LogP contribution < -0.4 is 19.5 Å². The number of thiophene rings is 1. The Hall–Kier alpha value is -3.76. The van der Waals surface area contributed by atoms with E-state index in [2.05, 4.69) is 5.32 Å². The number of hydrogen-bond acceptors (Lipinski definition) is 7. The first-order valence-corrected chi connectivity index (χ1v) is 14.2. The number of para-hydroxylation sites is 2. The maximum atomic E-state index is 13.8. The molecule has 0 spiro atoms. The molecule has 3 amide bonds. The molecule has 2 heterocycles. The van der Waals surface area contributed by atoms with Crippen molar-refractivity contribution in [3.05, 3.63) is 70.4 Å². The number of anilines is 1. The lowest BCUT2D eigenvalue weighted by Gasteiger charge is -2.29. The summed E-state index contributed by atoms with van der Waals surface area (Å²) >= 11 is 1.60. The molecule has 2 aromatic carbocycles. The first kappa shape index (κ1) is 29.2. The molecule has 9 nitrogen and oxygen atoms in total. The van der Waals surface area contributed by atoms with Crippen LogP contribution in [0.3, 0.4) is 0 Å². The molecule has 1 N–H and O–H groups in total. The van der Waals surface area contributed by atoms with E-state index in [-0.39, 0.29) is 24.6 Å². The molecule has 0 aliphatic carbocycles. The summed E-state index contributed by atoms with van der Waals surface area (Å²) in [4.78, 5) is 31.7. The van der Waals surface area contributed by atoms with E-state index in [0.717, 1.165) is 23.3 Å². The monoisotopic (exact) mass is 567 g/mol. The van der Waals surface area contributed by atoms with Gasteiger partial charge in [0.15, 0.2) is 11.5 Å². The number of rotatable bonds is 13. The average Bonchev–Trinajstić information content (AvgIpc) is 3.69. The minimum Gasteiger partial charge on any atom is -0.495 e. The molecule has 1 unspecified atom stereocenters. The van der Waals surface area contributed by atoms with E-state index in [1.807, 2.05) is 47.8 Å². The van der Waals surface area contributed by atoms with Gasteiger partial charge in [-0.3, -0.25) is 4.79 Å². The van der Waals surface area contributed by atoms with Gasteiger partial charge in [0, 0.05) is 24.6 Å². The van der Waals surface area contributed by atoms with Gasteiger partial charge in [-0.2, -0.15) is 0 Å². The molecular formula is C30H37N3O6S. The minimum absolute atomic E-state index is 0.0713. The summed E-state index contributed by atoms with van der Waals surface area (Å²) < 4.78 is 22.0. The van der Waals surface area contributed by atoms with Gasteiger partial charge in [-0.1, -0.05) is 24.3 Å². The Kier molecular flexibility index (Phi) is 10.7. The number of nitrogens with zero attached hydrogens (tertiary/aromatic N) is 2. The van der Waals surface area contributed by atoms with E-state index < -0.39 is 0 Å². The molecule has 0 saturated carbocycles. The van der Waals surface area contributed by atoms with E-state index in [0.29, 0.717) is 55.6 Å². The van der Waals surface area contributed by atoms with Gasteiger partial charge in [0.05, 0.1) is 39.7 Å². The second-order valence-electron chi connectivity index (χ2n) is 9.48. The third kappa shape index (κ3) is 7.89. The first-order chi connectivity index (χ1) is 19.5. The van der Waals surface area contributed by atoms with Crippen LogP contribution >= 0.6 is 11.3 Å². The lowest BCUT2D eigenvalue weighted by molar-refractivity contribution is -0.132. The van der Waals surface area contributed by atoms with E-state index in [4.69, 9.17) is 18.9 Å². The minimum atomic E-state index is -0.371. The zero-order chi connectivity index (χ0) is 28.3. The van der Waals surface area contributed by atoms with Crippen LogP contribution in [0.4, 0.5) is 10.5 Å². The van der Waals surface area contributed by atoms with Gasteiger partial charge in [-0.15, -0.1) is 11.3 Å². The van der Waals surface area contributed by atoms with Crippen LogP contribution in [-0.2, 0) is 22.5 Å². The van der Waals surface area contributed by atoms with Gasteiger partial charge in [-0.05, 0) is 60.5 Å². The highest BCUT2D eigenvalue weighted by Crippen LogP contribution is 2.28. The highest BCUT2D eigenvalue weighted by Gasteiger charge is 2.27. The number of nitrogens with one attached hydrogen (secondary N) is 1. The summed E-state index contributed by atoms with van der Waals surface area (Å²) in [6, 6.07) is 16.6. The van der Waals surface area contributed by atoms with E-state index in [9.17, 15) is 9.59 Å². The number of ether oxygens (including phenoxy) is 4. The van der Waals surface area contributed by atoms with Crippen molar-refractivity contribution >= 4 is 29.0 Å². The molecule has 0 bridgehead atoms. The molecule has 1 fully saturated rings. The van der Waals surface area contributed by atoms with Crippen molar-refractivity contribution in [1.82, 2.24) is 9.80 Å². The number of hydrogen-bond donors (Lipinski definition) is 1. The lowest BCUT2D eigenvalue weighted by atomic mass is 10.1. The molecule has 0 radical (unpaired) electrons. The predicted octanol–water partition coefficient (Wildman–Crippen LogP) is 5.06. The Morgan fingerprint density at radius 3 is 2.48 bits per heavy atom. The molecule has 1 aromatic heterocycles. The zero-order valence-corrected chi connectivity index (χ0v) is 24.1. The van der Waals surface area contributed by atoms with Gasteiger partial charge in [0.25, 0.3) is 0 Å². The number of benzene rings is 2. The van der Waals surface area contributed by atoms with Gasteiger partial charge in [-0.25, -0.2) is 4.79 Å². The molecule has 214 valence electrons. The Morgan fingerprint density at radius 1 is 0.975 bits per heavy atom. The lowest BCUT2D eigenvalue weighted by Crippen LogP contribution is -2.47. The van der Waals surface area contributed by atoms with Crippen LogP contribution in [0.25, 0.3) is 0 Å². The van der Waals surface area contributed by atoms with Crippen molar-refractivity contribution < 1.29 is 28.5 Å². The fourth-order valence-corrected chi connectivity index (χ4v) is 5.36. The molecule has 1 aliphatic heterocycles. The van der Waals surface area contributed by atoms with Crippen molar-refractivity contribution in [2.45, 2.75) is 31.9 Å². The summed E-state index contributed by atoms with van der Waals surface area (Å²) in [5, 5.41) is 4.92. The van der Waals surface area contributed by atoms with Crippen molar-refractivity contribution in [2.24, 2.45) is 0 Å².